The van der Waals surface area contributed by atoms with Crippen LogP contribution < -0.4 is 0 Å². The largest absolute Gasteiger partial charge is 0.478 e. The first kappa shape index (κ1) is 17.9. The van der Waals surface area contributed by atoms with Crippen molar-refractivity contribution in [3.05, 3.63) is 71.4 Å². The van der Waals surface area contributed by atoms with E-state index in [1.54, 1.807) is 55.5 Å². The highest BCUT2D eigenvalue weighted by molar-refractivity contribution is 7.90. The Morgan fingerprint density at radius 1 is 1.12 bits per heavy atom. The van der Waals surface area contributed by atoms with E-state index in [1.165, 1.54) is 10.0 Å². The Morgan fingerprint density at radius 2 is 1.77 bits per heavy atom. The molecule has 0 atom stereocenters. The van der Waals surface area contributed by atoms with Crippen molar-refractivity contribution in [2.75, 3.05) is 0 Å². The molecule has 1 heterocycles. The molecule has 2 aromatic carbocycles. The topological polar surface area (TPSA) is 76.4 Å². The Bertz CT molecular complexity index is 1110. The molecule has 3 rings (SSSR count). The van der Waals surface area contributed by atoms with Gasteiger partial charge in [0.25, 0.3) is 10.0 Å². The van der Waals surface area contributed by atoms with Gasteiger partial charge in [-0.05, 0) is 43.7 Å². The van der Waals surface area contributed by atoms with Crippen LogP contribution in [0.15, 0.2) is 65.1 Å². The first-order valence-corrected chi connectivity index (χ1v) is 9.65. The smallest absolute Gasteiger partial charge is 0.331 e. The van der Waals surface area contributed by atoms with Crippen LogP contribution in [0.4, 0.5) is 0 Å². The zero-order valence-electron chi connectivity index (χ0n) is 14.5. The van der Waals surface area contributed by atoms with E-state index in [0.29, 0.717) is 17.6 Å². The van der Waals surface area contributed by atoms with Crippen LogP contribution in [0.25, 0.3) is 17.0 Å². The molecule has 0 amide bonds. The minimum absolute atomic E-state index is 0.146. The molecule has 6 heteroatoms. The summed E-state index contributed by atoms with van der Waals surface area (Å²) in [5, 5.41) is 10.1. The van der Waals surface area contributed by atoms with E-state index >= 15 is 0 Å². The summed E-state index contributed by atoms with van der Waals surface area (Å²) in [6.07, 6.45) is 1.72. The number of aliphatic carboxylic acids is 1. The summed E-state index contributed by atoms with van der Waals surface area (Å²) < 4.78 is 27.7. The van der Waals surface area contributed by atoms with Gasteiger partial charge in [-0.25, -0.2) is 17.2 Å². The van der Waals surface area contributed by atoms with E-state index in [0.717, 1.165) is 10.9 Å². The van der Waals surface area contributed by atoms with Crippen LogP contribution in [0.3, 0.4) is 0 Å². The van der Waals surface area contributed by atoms with Crippen LogP contribution in [0, 0.1) is 6.92 Å². The standard InChI is InChI=1S/C20H19NO4S/c1-3-15(20(22)23)12-17-13-16-6-4-5-7-19(16)21(17)26(24,25)18-10-8-14(2)9-11-18/h4-13H,3H2,1-2H3,(H,22,23). The number of aromatic nitrogens is 1. The summed E-state index contributed by atoms with van der Waals surface area (Å²) in [5.74, 6) is -1.06. The Hall–Kier alpha value is -2.86. The molecular formula is C20H19NO4S. The average molecular weight is 369 g/mol. The van der Waals surface area contributed by atoms with Crippen molar-refractivity contribution in [3.8, 4) is 0 Å². The molecule has 0 aliphatic rings. The van der Waals surface area contributed by atoms with E-state index in [1.807, 2.05) is 13.0 Å². The van der Waals surface area contributed by atoms with Crippen molar-refractivity contribution in [2.24, 2.45) is 0 Å². The van der Waals surface area contributed by atoms with E-state index in [4.69, 9.17) is 0 Å². The maximum Gasteiger partial charge on any atom is 0.331 e. The number of aryl methyl sites for hydroxylation is 1. The molecule has 0 unspecified atom stereocenters. The molecule has 1 aromatic heterocycles. The summed E-state index contributed by atoms with van der Waals surface area (Å²) in [6.45, 7) is 3.61. The van der Waals surface area contributed by atoms with Gasteiger partial charge in [0, 0.05) is 11.0 Å². The lowest BCUT2D eigenvalue weighted by Gasteiger charge is -2.11. The predicted molar refractivity (Wildman–Crippen MR) is 102 cm³/mol. The molecule has 0 saturated carbocycles. The first-order valence-electron chi connectivity index (χ1n) is 8.21. The van der Waals surface area contributed by atoms with Crippen LogP contribution in [-0.4, -0.2) is 23.5 Å². The number of carboxylic acids is 1. The quantitative estimate of drug-likeness (QED) is 0.688. The molecule has 0 aliphatic carbocycles. The monoisotopic (exact) mass is 369 g/mol. The van der Waals surface area contributed by atoms with Gasteiger partial charge in [0.15, 0.2) is 0 Å². The molecule has 3 aromatic rings. The summed E-state index contributed by atoms with van der Waals surface area (Å²) in [6, 6.07) is 15.4. The summed E-state index contributed by atoms with van der Waals surface area (Å²) in [4.78, 5) is 11.6. The third kappa shape index (κ3) is 3.15. The second kappa shape index (κ2) is 6.80. The van der Waals surface area contributed by atoms with Crippen molar-refractivity contribution in [1.82, 2.24) is 3.97 Å². The zero-order chi connectivity index (χ0) is 18.9. The minimum atomic E-state index is -3.87. The van der Waals surface area contributed by atoms with Crippen molar-refractivity contribution in [1.29, 1.82) is 0 Å². The SMILES string of the molecule is CCC(=Cc1cc2ccccc2n1S(=O)(=O)c1ccc(C)cc1)C(=O)O. The summed E-state index contributed by atoms with van der Waals surface area (Å²) in [5.41, 5.74) is 1.94. The van der Waals surface area contributed by atoms with Crippen LogP contribution in [0.1, 0.15) is 24.6 Å². The van der Waals surface area contributed by atoms with Crippen LogP contribution in [0.2, 0.25) is 0 Å². The minimum Gasteiger partial charge on any atom is -0.478 e. The Balaban J connectivity index is 2.32. The Morgan fingerprint density at radius 3 is 2.38 bits per heavy atom. The van der Waals surface area contributed by atoms with Crippen LogP contribution >= 0.6 is 0 Å². The fourth-order valence-electron chi connectivity index (χ4n) is 2.83. The summed E-state index contributed by atoms with van der Waals surface area (Å²) >= 11 is 0. The molecule has 26 heavy (non-hydrogen) atoms. The number of nitrogens with zero attached hydrogens (tertiary/aromatic N) is 1. The number of benzene rings is 2. The Labute approximate surface area is 152 Å². The van der Waals surface area contributed by atoms with E-state index in [-0.39, 0.29) is 10.5 Å². The van der Waals surface area contributed by atoms with Gasteiger partial charge >= 0.3 is 5.97 Å². The average Bonchev–Trinajstić information content (AvgIpc) is 2.98. The molecule has 1 N–H and O–H groups in total. The fraction of sp³-hybridized carbons (Fsp3) is 0.150. The highest BCUT2D eigenvalue weighted by Gasteiger charge is 2.22. The summed E-state index contributed by atoms with van der Waals surface area (Å²) in [7, 11) is -3.87. The molecule has 0 fully saturated rings. The lowest BCUT2D eigenvalue weighted by atomic mass is 10.1. The third-order valence-electron chi connectivity index (χ3n) is 4.23. The maximum atomic E-state index is 13.3. The van der Waals surface area contributed by atoms with Crippen LogP contribution in [-0.2, 0) is 14.8 Å². The van der Waals surface area contributed by atoms with Gasteiger partial charge in [-0.3, -0.25) is 0 Å². The second-order valence-electron chi connectivity index (χ2n) is 6.04. The molecule has 0 spiro atoms. The van der Waals surface area contributed by atoms with Crippen molar-refractivity contribution >= 4 is 33.0 Å². The molecule has 0 bridgehead atoms. The van der Waals surface area contributed by atoms with Crippen molar-refractivity contribution < 1.29 is 18.3 Å². The van der Waals surface area contributed by atoms with E-state index < -0.39 is 16.0 Å². The number of fused-ring (bicyclic) bond motifs is 1. The third-order valence-corrected chi connectivity index (χ3v) is 5.99. The van der Waals surface area contributed by atoms with Crippen molar-refractivity contribution in [3.63, 3.8) is 0 Å². The number of hydrogen-bond donors (Lipinski definition) is 1. The number of para-hydroxylation sites is 1. The lowest BCUT2D eigenvalue weighted by Crippen LogP contribution is -2.14. The molecule has 134 valence electrons. The highest BCUT2D eigenvalue weighted by atomic mass is 32.2. The van der Waals surface area contributed by atoms with Gasteiger partial charge in [-0.2, -0.15) is 0 Å². The maximum absolute atomic E-state index is 13.3. The molecule has 0 aliphatic heterocycles. The van der Waals surface area contributed by atoms with Gasteiger partial charge in [0.05, 0.1) is 16.1 Å². The number of carboxylic acid groups (broad SMARTS) is 1. The number of carbonyl (C=O) groups is 1. The van der Waals surface area contributed by atoms with Crippen LogP contribution in [0.5, 0.6) is 0 Å². The van der Waals surface area contributed by atoms with Crippen molar-refractivity contribution in [2.45, 2.75) is 25.2 Å². The highest BCUT2D eigenvalue weighted by Crippen LogP contribution is 2.27. The van der Waals surface area contributed by atoms with Gasteiger partial charge in [-0.15, -0.1) is 0 Å². The van der Waals surface area contributed by atoms with Gasteiger partial charge < -0.3 is 5.11 Å². The molecule has 5 nitrogen and oxygen atoms in total. The molecule has 0 radical (unpaired) electrons. The zero-order valence-corrected chi connectivity index (χ0v) is 15.3. The first-order chi connectivity index (χ1) is 12.3. The van der Waals surface area contributed by atoms with Gasteiger partial charge in [0.2, 0.25) is 0 Å². The second-order valence-corrected chi connectivity index (χ2v) is 7.83. The Kier molecular flexibility index (Phi) is 4.70. The molecular weight excluding hydrogens is 350 g/mol. The molecule has 0 saturated heterocycles. The van der Waals surface area contributed by atoms with E-state index in [9.17, 15) is 18.3 Å². The number of rotatable bonds is 5. The normalized spacial score (nSPS) is 12.5. The van der Waals surface area contributed by atoms with Gasteiger partial charge in [0.1, 0.15) is 0 Å². The van der Waals surface area contributed by atoms with Gasteiger partial charge in [-0.1, -0.05) is 42.8 Å². The van der Waals surface area contributed by atoms with E-state index in [2.05, 4.69) is 0 Å². The predicted octanol–water partition coefficient (Wildman–Crippen LogP) is 4.06. The number of hydrogen-bond acceptors (Lipinski definition) is 3. The fourth-order valence-corrected chi connectivity index (χ4v) is 4.33. The lowest BCUT2D eigenvalue weighted by molar-refractivity contribution is -0.132.